The molecule has 2 aromatic rings. The molecule has 0 bridgehead atoms. The highest BCUT2D eigenvalue weighted by Gasteiger charge is 2.39. The number of rotatable bonds is 4. The van der Waals surface area contributed by atoms with Gasteiger partial charge in [-0.25, -0.2) is 8.78 Å². The maximum atomic E-state index is 14.2. The van der Waals surface area contributed by atoms with Gasteiger partial charge in [-0.3, -0.25) is 10.1 Å². The van der Waals surface area contributed by atoms with Gasteiger partial charge in [-0.1, -0.05) is 17.7 Å². The van der Waals surface area contributed by atoms with Crippen LogP contribution in [0.5, 0.6) is 5.75 Å². The van der Waals surface area contributed by atoms with E-state index in [0.29, 0.717) is 18.4 Å². The molecule has 0 aliphatic heterocycles. The van der Waals surface area contributed by atoms with Gasteiger partial charge in [0.15, 0.2) is 11.6 Å². The van der Waals surface area contributed by atoms with E-state index in [0.717, 1.165) is 18.9 Å². The molecule has 0 spiro atoms. The fraction of sp³-hybridized carbons (Fsp3) is 0.294. The minimum Gasteiger partial charge on any atom is -0.479 e. The molecule has 0 unspecified atom stereocenters. The fourth-order valence-electron chi connectivity index (χ4n) is 3.07. The monoisotopic (exact) mass is 353 g/mol. The van der Waals surface area contributed by atoms with E-state index < -0.39 is 22.2 Å². The molecule has 1 saturated carbocycles. The zero-order valence-electron chi connectivity index (χ0n) is 12.6. The van der Waals surface area contributed by atoms with Crippen LogP contribution in [-0.2, 0) is 5.60 Å². The van der Waals surface area contributed by atoms with Crippen molar-refractivity contribution >= 4 is 17.3 Å². The first-order valence-corrected chi connectivity index (χ1v) is 7.88. The van der Waals surface area contributed by atoms with Crippen molar-refractivity contribution in [3.63, 3.8) is 0 Å². The molecule has 126 valence electrons. The second-order valence-electron chi connectivity index (χ2n) is 5.80. The Kier molecular flexibility index (Phi) is 4.41. The third-order valence-corrected chi connectivity index (χ3v) is 4.60. The SMILES string of the molecule is O=[N+]([O-])c1ccc(OC2(c3ccc(Cl)c(F)c3)CCCC2)c(F)c1. The van der Waals surface area contributed by atoms with Gasteiger partial charge in [0.1, 0.15) is 11.4 Å². The summed E-state index contributed by atoms with van der Waals surface area (Å²) in [5.74, 6) is -1.46. The van der Waals surface area contributed by atoms with Crippen LogP contribution in [0.15, 0.2) is 36.4 Å². The first-order valence-electron chi connectivity index (χ1n) is 7.50. The van der Waals surface area contributed by atoms with E-state index in [9.17, 15) is 18.9 Å². The van der Waals surface area contributed by atoms with Crippen LogP contribution in [0, 0.1) is 21.7 Å². The van der Waals surface area contributed by atoms with Crippen LogP contribution in [0.2, 0.25) is 5.02 Å². The molecular formula is C17H14ClF2NO3. The van der Waals surface area contributed by atoms with Gasteiger partial charge < -0.3 is 4.74 Å². The molecular weight excluding hydrogens is 340 g/mol. The van der Waals surface area contributed by atoms with Crippen molar-refractivity contribution in [3.8, 4) is 5.75 Å². The Morgan fingerprint density at radius 1 is 1.08 bits per heavy atom. The van der Waals surface area contributed by atoms with E-state index >= 15 is 0 Å². The van der Waals surface area contributed by atoms with Gasteiger partial charge in [-0.15, -0.1) is 0 Å². The van der Waals surface area contributed by atoms with Crippen LogP contribution in [0.25, 0.3) is 0 Å². The zero-order chi connectivity index (χ0) is 17.3. The van der Waals surface area contributed by atoms with Crippen LogP contribution in [-0.4, -0.2) is 4.92 Å². The summed E-state index contributed by atoms with van der Waals surface area (Å²) in [4.78, 5) is 10.0. The quantitative estimate of drug-likeness (QED) is 0.548. The van der Waals surface area contributed by atoms with Gasteiger partial charge in [-0.05, 0) is 49.4 Å². The fourth-order valence-corrected chi connectivity index (χ4v) is 3.19. The molecule has 7 heteroatoms. The molecule has 4 nitrogen and oxygen atoms in total. The normalized spacial score (nSPS) is 16.1. The maximum absolute atomic E-state index is 14.2. The van der Waals surface area contributed by atoms with Crippen molar-refractivity contribution in [1.82, 2.24) is 0 Å². The average molecular weight is 354 g/mol. The molecule has 0 aromatic heterocycles. The number of nitro groups is 1. The Morgan fingerprint density at radius 3 is 2.38 bits per heavy atom. The second kappa shape index (κ2) is 6.36. The number of non-ortho nitro benzene ring substituents is 1. The van der Waals surface area contributed by atoms with Gasteiger partial charge in [-0.2, -0.15) is 0 Å². The number of halogens is 3. The smallest absolute Gasteiger partial charge is 0.272 e. The number of hydrogen-bond donors (Lipinski definition) is 0. The Bertz CT molecular complexity index is 791. The van der Waals surface area contributed by atoms with Crippen molar-refractivity contribution in [2.75, 3.05) is 0 Å². The number of benzene rings is 2. The summed E-state index contributed by atoms with van der Waals surface area (Å²) in [7, 11) is 0. The lowest BCUT2D eigenvalue weighted by Crippen LogP contribution is -2.30. The minimum absolute atomic E-state index is 0.00779. The highest BCUT2D eigenvalue weighted by molar-refractivity contribution is 6.30. The average Bonchev–Trinajstić information content (AvgIpc) is 3.01. The molecule has 24 heavy (non-hydrogen) atoms. The Morgan fingerprint density at radius 2 is 1.79 bits per heavy atom. The van der Waals surface area contributed by atoms with Crippen molar-refractivity contribution < 1.29 is 18.4 Å². The van der Waals surface area contributed by atoms with E-state index in [-0.39, 0.29) is 16.5 Å². The lowest BCUT2D eigenvalue weighted by Gasteiger charge is -2.31. The van der Waals surface area contributed by atoms with Gasteiger partial charge in [0.05, 0.1) is 16.0 Å². The standard InChI is InChI=1S/C17H14ClF2NO3/c18-13-5-3-11(9-14(13)19)17(7-1-2-8-17)24-16-6-4-12(21(22)23)10-15(16)20/h3-6,9-10H,1-2,7-8H2. The predicted molar refractivity (Wildman–Crippen MR) is 85.2 cm³/mol. The van der Waals surface area contributed by atoms with Crippen molar-refractivity contribution in [2.24, 2.45) is 0 Å². The van der Waals surface area contributed by atoms with Gasteiger partial charge in [0.2, 0.25) is 0 Å². The van der Waals surface area contributed by atoms with E-state index in [4.69, 9.17) is 16.3 Å². The third kappa shape index (κ3) is 3.06. The van der Waals surface area contributed by atoms with Crippen LogP contribution in [0.1, 0.15) is 31.2 Å². The molecule has 0 saturated heterocycles. The van der Waals surface area contributed by atoms with Crippen LogP contribution >= 0.6 is 11.6 Å². The third-order valence-electron chi connectivity index (χ3n) is 4.29. The molecule has 2 aromatic carbocycles. The first kappa shape index (κ1) is 16.6. The van der Waals surface area contributed by atoms with E-state index in [2.05, 4.69) is 0 Å². The molecule has 0 atom stereocenters. The van der Waals surface area contributed by atoms with Crippen LogP contribution < -0.4 is 4.74 Å². The van der Waals surface area contributed by atoms with Crippen LogP contribution in [0.3, 0.4) is 0 Å². The topological polar surface area (TPSA) is 52.4 Å². The second-order valence-corrected chi connectivity index (χ2v) is 6.21. The number of nitro benzene ring substituents is 1. The van der Waals surface area contributed by atoms with E-state index in [1.165, 1.54) is 24.3 Å². The summed E-state index contributed by atoms with van der Waals surface area (Å²) in [5.41, 5.74) is -0.625. The van der Waals surface area contributed by atoms with Crippen molar-refractivity contribution in [1.29, 1.82) is 0 Å². The predicted octanol–water partition coefficient (Wildman–Crippen LogP) is 5.37. The number of hydrogen-bond acceptors (Lipinski definition) is 3. The number of ether oxygens (including phenoxy) is 1. The Balaban J connectivity index is 1.97. The lowest BCUT2D eigenvalue weighted by atomic mass is 9.91. The van der Waals surface area contributed by atoms with Crippen molar-refractivity contribution in [2.45, 2.75) is 31.3 Å². The zero-order valence-corrected chi connectivity index (χ0v) is 13.4. The first-order chi connectivity index (χ1) is 11.4. The van der Waals surface area contributed by atoms with Gasteiger partial charge in [0.25, 0.3) is 5.69 Å². The largest absolute Gasteiger partial charge is 0.479 e. The number of nitrogens with zero attached hydrogens (tertiary/aromatic N) is 1. The van der Waals surface area contributed by atoms with Gasteiger partial charge in [0, 0.05) is 6.07 Å². The molecule has 0 radical (unpaired) electrons. The van der Waals surface area contributed by atoms with Crippen molar-refractivity contribution in [3.05, 3.63) is 68.7 Å². The molecule has 0 N–H and O–H groups in total. The molecule has 0 heterocycles. The Labute approximate surface area is 142 Å². The minimum atomic E-state index is -0.859. The Hall–Kier alpha value is -2.21. The summed E-state index contributed by atoms with van der Waals surface area (Å²) >= 11 is 5.73. The lowest BCUT2D eigenvalue weighted by molar-refractivity contribution is -0.385. The molecule has 1 aliphatic carbocycles. The van der Waals surface area contributed by atoms with E-state index in [1.54, 1.807) is 6.07 Å². The maximum Gasteiger partial charge on any atom is 0.272 e. The summed E-state index contributed by atoms with van der Waals surface area (Å²) in [6, 6.07) is 7.66. The molecule has 1 aliphatic rings. The summed E-state index contributed by atoms with van der Waals surface area (Å²) in [5, 5.41) is 10.7. The van der Waals surface area contributed by atoms with Crippen LogP contribution in [0.4, 0.5) is 14.5 Å². The van der Waals surface area contributed by atoms with Gasteiger partial charge >= 0.3 is 0 Å². The summed E-state index contributed by atoms with van der Waals surface area (Å²) in [6.45, 7) is 0. The molecule has 1 fully saturated rings. The molecule has 0 amide bonds. The summed E-state index contributed by atoms with van der Waals surface area (Å²) < 4.78 is 33.9. The molecule has 3 rings (SSSR count). The highest BCUT2D eigenvalue weighted by Crippen LogP contribution is 2.44. The highest BCUT2D eigenvalue weighted by atomic mass is 35.5. The summed E-state index contributed by atoms with van der Waals surface area (Å²) in [6.07, 6.45) is 2.92. The van der Waals surface area contributed by atoms with E-state index in [1.807, 2.05) is 0 Å².